The lowest BCUT2D eigenvalue weighted by Gasteiger charge is -2.32. The van der Waals surface area contributed by atoms with Crippen molar-refractivity contribution in [1.82, 2.24) is 10.2 Å². The number of nitrogens with one attached hydrogen (secondary N) is 1. The number of amides is 2. The molecule has 0 saturated heterocycles. The van der Waals surface area contributed by atoms with Gasteiger partial charge in [0.1, 0.15) is 12.6 Å². The molecule has 0 aliphatic carbocycles. The normalized spacial score (nSPS) is 12.7. The van der Waals surface area contributed by atoms with Crippen LogP contribution in [0.3, 0.4) is 0 Å². The summed E-state index contributed by atoms with van der Waals surface area (Å²) in [6.45, 7) is 4.80. The first-order chi connectivity index (χ1) is 18.9. The molecule has 0 heterocycles. The van der Waals surface area contributed by atoms with Gasteiger partial charge in [-0.15, -0.1) is 0 Å². The summed E-state index contributed by atoms with van der Waals surface area (Å²) in [7, 11) is -4.25. The van der Waals surface area contributed by atoms with Crippen molar-refractivity contribution in [3.8, 4) is 0 Å². The Morgan fingerprint density at radius 2 is 1.57 bits per heavy atom. The van der Waals surface area contributed by atoms with E-state index in [2.05, 4.69) is 21.2 Å². The standard InChI is InChI=1S/C28H31BrN4O6S/c1-4-20(2)30-28(35)21(3)31(18-22-10-12-23(29)13-11-22)27(34)19-32(24-14-16-25(17-15-24)33(36)37)40(38,39)26-8-6-5-7-9-26/h5-17,20-21H,4,18-19H2,1-3H3,(H,30,35). The van der Waals surface area contributed by atoms with Crippen LogP contribution < -0.4 is 9.62 Å². The average Bonchev–Trinajstić information content (AvgIpc) is 2.95. The van der Waals surface area contributed by atoms with E-state index in [1.807, 2.05) is 26.0 Å². The lowest BCUT2D eigenvalue weighted by Crippen LogP contribution is -2.52. The van der Waals surface area contributed by atoms with Gasteiger partial charge >= 0.3 is 0 Å². The molecule has 40 heavy (non-hydrogen) atoms. The van der Waals surface area contributed by atoms with Gasteiger partial charge in [0.25, 0.3) is 15.7 Å². The number of hydrogen-bond donors (Lipinski definition) is 1. The van der Waals surface area contributed by atoms with Crippen LogP contribution in [0.1, 0.15) is 32.8 Å². The summed E-state index contributed by atoms with van der Waals surface area (Å²) >= 11 is 3.38. The number of benzene rings is 3. The van der Waals surface area contributed by atoms with Crippen molar-refractivity contribution in [2.24, 2.45) is 0 Å². The van der Waals surface area contributed by atoms with E-state index in [9.17, 15) is 28.1 Å². The minimum Gasteiger partial charge on any atom is -0.352 e. The van der Waals surface area contributed by atoms with Crippen molar-refractivity contribution in [3.05, 3.63) is 99.0 Å². The highest BCUT2D eigenvalue weighted by atomic mass is 79.9. The summed E-state index contributed by atoms with van der Waals surface area (Å²) in [5.41, 5.74) is 0.593. The van der Waals surface area contributed by atoms with E-state index in [0.29, 0.717) is 6.42 Å². The maximum absolute atomic E-state index is 13.9. The zero-order valence-electron chi connectivity index (χ0n) is 22.4. The highest BCUT2D eigenvalue weighted by molar-refractivity contribution is 9.10. The third kappa shape index (κ3) is 7.66. The fraction of sp³-hybridized carbons (Fsp3) is 0.286. The third-order valence-electron chi connectivity index (χ3n) is 6.39. The molecule has 0 saturated carbocycles. The van der Waals surface area contributed by atoms with E-state index in [1.165, 1.54) is 41.3 Å². The van der Waals surface area contributed by atoms with Crippen molar-refractivity contribution in [3.63, 3.8) is 0 Å². The molecule has 0 fully saturated rings. The Labute approximate surface area is 242 Å². The van der Waals surface area contributed by atoms with Gasteiger partial charge in [-0.25, -0.2) is 8.42 Å². The summed E-state index contributed by atoms with van der Waals surface area (Å²) in [6.07, 6.45) is 0.697. The second-order valence-corrected chi connectivity index (χ2v) is 12.0. The zero-order chi connectivity index (χ0) is 29.4. The smallest absolute Gasteiger partial charge is 0.269 e. The number of carbonyl (C=O) groups excluding carboxylic acids is 2. The maximum atomic E-state index is 13.9. The fourth-order valence-corrected chi connectivity index (χ4v) is 5.52. The van der Waals surface area contributed by atoms with Gasteiger partial charge in [0, 0.05) is 29.2 Å². The number of nitro groups is 1. The third-order valence-corrected chi connectivity index (χ3v) is 8.71. The molecular weight excluding hydrogens is 600 g/mol. The Morgan fingerprint density at radius 1 is 0.975 bits per heavy atom. The Kier molecular flexibility index (Phi) is 10.4. The van der Waals surface area contributed by atoms with Crippen LogP contribution in [-0.2, 0) is 26.2 Å². The first-order valence-electron chi connectivity index (χ1n) is 12.6. The largest absolute Gasteiger partial charge is 0.352 e. The predicted octanol–water partition coefficient (Wildman–Crippen LogP) is 4.88. The van der Waals surface area contributed by atoms with Crippen LogP contribution in [0.5, 0.6) is 0 Å². The van der Waals surface area contributed by atoms with Crippen molar-refractivity contribution < 1.29 is 22.9 Å². The molecule has 3 aromatic rings. The molecule has 0 radical (unpaired) electrons. The number of non-ortho nitro benzene ring substituents is 1. The van der Waals surface area contributed by atoms with E-state index in [1.54, 1.807) is 37.3 Å². The second-order valence-electron chi connectivity index (χ2n) is 9.24. The molecule has 2 amide bonds. The molecule has 0 spiro atoms. The molecule has 0 bridgehead atoms. The summed E-state index contributed by atoms with van der Waals surface area (Å²) in [6, 6.07) is 18.7. The molecule has 0 aliphatic heterocycles. The van der Waals surface area contributed by atoms with Crippen LogP contribution in [0, 0.1) is 10.1 Å². The highest BCUT2D eigenvalue weighted by Crippen LogP contribution is 2.26. The van der Waals surface area contributed by atoms with E-state index in [4.69, 9.17) is 0 Å². The van der Waals surface area contributed by atoms with E-state index < -0.39 is 33.4 Å². The van der Waals surface area contributed by atoms with Gasteiger partial charge in [-0.1, -0.05) is 53.2 Å². The molecule has 0 aromatic heterocycles. The van der Waals surface area contributed by atoms with Gasteiger partial charge in [0.05, 0.1) is 15.5 Å². The molecule has 10 nitrogen and oxygen atoms in total. The minimum absolute atomic E-state index is 0.0526. The molecule has 2 unspecified atom stereocenters. The summed E-state index contributed by atoms with van der Waals surface area (Å²) in [4.78, 5) is 38.8. The number of carbonyl (C=O) groups is 2. The first kappa shape index (κ1) is 30.8. The summed E-state index contributed by atoms with van der Waals surface area (Å²) in [5, 5.41) is 14.1. The maximum Gasteiger partial charge on any atom is 0.269 e. The number of hydrogen-bond acceptors (Lipinski definition) is 6. The summed E-state index contributed by atoms with van der Waals surface area (Å²) < 4.78 is 29.2. The van der Waals surface area contributed by atoms with E-state index in [-0.39, 0.29) is 34.8 Å². The number of nitro benzene ring substituents is 1. The number of nitrogens with zero attached hydrogens (tertiary/aromatic N) is 3. The minimum atomic E-state index is -4.25. The van der Waals surface area contributed by atoms with Crippen LogP contribution in [0.25, 0.3) is 0 Å². The lowest BCUT2D eigenvalue weighted by atomic mass is 10.1. The van der Waals surface area contributed by atoms with Gasteiger partial charge in [-0.2, -0.15) is 0 Å². The van der Waals surface area contributed by atoms with Gasteiger partial charge in [-0.3, -0.25) is 24.0 Å². The molecule has 212 valence electrons. The van der Waals surface area contributed by atoms with Crippen LogP contribution in [0.2, 0.25) is 0 Å². The molecule has 0 aliphatic rings. The fourth-order valence-electron chi connectivity index (χ4n) is 3.82. The van der Waals surface area contributed by atoms with Crippen molar-refractivity contribution >= 4 is 49.1 Å². The van der Waals surface area contributed by atoms with Gasteiger partial charge in [0.2, 0.25) is 11.8 Å². The molecule has 3 rings (SSSR count). The monoisotopic (exact) mass is 630 g/mol. The number of anilines is 1. The highest BCUT2D eigenvalue weighted by Gasteiger charge is 2.33. The van der Waals surface area contributed by atoms with Crippen LogP contribution in [0.4, 0.5) is 11.4 Å². The van der Waals surface area contributed by atoms with Crippen molar-refractivity contribution in [2.45, 2.75) is 50.7 Å². The van der Waals surface area contributed by atoms with Gasteiger partial charge in [0.15, 0.2) is 0 Å². The van der Waals surface area contributed by atoms with E-state index in [0.717, 1.165) is 14.3 Å². The van der Waals surface area contributed by atoms with Crippen LogP contribution in [0.15, 0.2) is 88.2 Å². The topological polar surface area (TPSA) is 130 Å². The molecule has 12 heteroatoms. The zero-order valence-corrected chi connectivity index (χ0v) is 24.8. The Balaban J connectivity index is 2.02. The van der Waals surface area contributed by atoms with E-state index >= 15 is 0 Å². The molecule has 2 atom stereocenters. The second kappa shape index (κ2) is 13.5. The Hall–Kier alpha value is -3.77. The predicted molar refractivity (Wildman–Crippen MR) is 156 cm³/mol. The Morgan fingerprint density at radius 3 is 2.12 bits per heavy atom. The number of rotatable bonds is 12. The number of sulfonamides is 1. The quantitative estimate of drug-likeness (QED) is 0.224. The number of halogens is 1. The van der Waals surface area contributed by atoms with Crippen molar-refractivity contribution in [2.75, 3.05) is 10.8 Å². The summed E-state index contributed by atoms with van der Waals surface area (Å²) in [5.74, 6) is -0.986. The van der Waals surface area contributed by atoms with Gasteiger partial charge < -0.3 is 10.2 Å². The SMILES string of the molecule is CCC(C)NC(=O)C(C)N(Cc1ccc(Br)cc1)C(=O)CN(c1ccc([N+](=O)[O-])cc1)S(=O)(=O)c1ccccc1. The molecular formula is C28H31BrN4O6S. The van der Waals surface area contributed by atoms with Crippen LogP contribution >= 0.6 is 15.9 Å². The van der Waals surface area contributed by atoms with Gasteiger partial charge in [-0.05, 0) is 62.2 Å². The average molecular weight is 632 g/mol. The molecule has 3 aromatic carbocycles. The Bertz CT molecular complexity index is 1430. The van der Waals surface area contributed by atoms with Crippen molar-refractivity contribution in [1.29, 1.82) is 0 Å². The van der Waals surface area contributed by atoms with Crippen LogP contribution in [-0.4, -0.2) is 48.7 Å². The molecule has 1 N–H and O–H groups in total. The lowest BCUT2D eigenvalue weighted by molar-refractivity contribution is -0.384. The first-order valence-corrected chi connectivity index (χ1v) is 14.8.